The molecule has 3 aromatic rings. The topological polar surface area (TPSA) is 66.8 Å². The predicted molar refractivity (Wildman–Crippen MR) is 125 cm³/mol. The average Bonchev–Trinajstić information content (AvgIpc) is 3.33. The van der Waals surface area contributed by atoms with Crippen molar-refractivity contribution in [3.8, 4) is 5.75 Å². The molecule has 0 saturated carbocycles. The summed E-state index contributed by atoms with van der Waals surface area (Å²) >= 11 is 3.44. The molecule has 32 heavy (non-hydrogen) atoms. The van der Waals surface area contributed by atoms with Crippen molar-refractivity contribution in [2.75, 3.05) is 4.90 Å². The molecule has 1 aliphatic heterocycles. The Balaban J connectivity index is 1.32. The van der Waals surface area contributed by atoms with E-state index < -0.39 is 5.97 Å². The van der Waals surface area contributed by atoms with Crippen LogP contribution in [0.3, 0.4) is 0 Å². The number of carboxylic acid groups (broad SMARTS) is 1. The summed E-state index contributed by atoms with van der Waals surface area (Å²) in [6, 6.07) is 19.5. The number of anilines is 1. The van der Waals surface area contributed by atoms with E-state index in [1.807, 2.05) is 60.7 Å². The molecule has 5 rings (SSSR count). The highest BCUT2D eigenvalue weighted by Crippen LogP contribution is 2.38. The van der Waals surface area contributed by atoms with Gasteiger partial charge in [-0.3, -0.25) is 9.59 Å². The number of hydrogen-bond donors (Lipinski definition) is 1. The zero-order valence-corrected chi connectivity index (χ0v) is 19.0. The minimum Gasteiger partial charge on any atom is -0.489 e. The van der Waals surface area contributed by atoms with Gasteiger partial charge < -0.3 is 14.7 Å². The van der Waals surface area contributed by atoms with E-state index in [0.29, 0.717) is 13.2 Å². The monoisotopic (exact) mass is 491 g/mol. The average molecular weight is 492 g/mol. The molecule has 0 spiro atoms. The van der Waals surface area contributed by atoms with Gasteiger partial charge in [-0.25, -0.2) is 0 Å². The maximum Gasteiger partial charge on any atom is 0.303 e. The normalized spacial score (nSPS) is 16.7. The van der Waals surface area contributed by atoms with Crippen molar-refractivity contribution in [2.24, 2.45) is 0 Å². The molecule has 0 bridgehead atoms. The largest absolute Gasteiger partial charge is 0.489 e. The Bertz CT molecular complexity index is 1200. The Hall–Kier alpha value is -3.12. The summed E-state index contributed by atoms with van der Waals surface area (Å²) in [5.74, 6) is 0.106. The third kappa shape index (κ3) is 3.91. The van der Waals surface area contributed by atoms with E-state index in [1.165, 1.54) is 5.56 Å². The molecular weight excluding hydrogens is 470 g/mol. The van der Waals surface area contributed by atoms with E-state index >= 15 is 0 Å². The van der Waals surface area contributed by atoms with E-state index in [2.05, 4.69) is 15.9 Å². The van der Waals surface area contributed by atoms with Crippen LogP contribution in [-0.4, -0.2) is 17.0 Å². The van der Waals surface area contributed by atoms with Crippen molar-refractivity contribution in [2.45, 2.75) is 38.3 Å². The van der Waals surface area contributed by atoms with Gasteiger partial charge in [0, 0.05) is 15.7 Å². The number of ether oxygens (including phenoxy) is 1. The lowest BCUT2D eigenvalue weighted by atomic mass is 9.98. The van der Waals surface area contributed by atoms with Gasteiger partial charge in [-0.05, 0) is 83.5 Å². The fraction of sp³-hybridized carbons (Fsp3) is 0.231. The Kier molecular flexibility index (Phi) is 5.47. The lowest BCUT2D eigenvalue weighted by Crippen LogP contribution is -2.22. The second kappa shape index (κ2) is 8.43. The minimum absolute atomic E-state index is 0.00572. The minimum atomic E-state index is -0.757. The number of rotatable bonds is 6. The summed E-state index contributed by atoms with van der Waals surface area (Å²) in [6.07, 6.45) is 1.92. The Morgan fingerprint density at radius 3 is 2.72 bits per heavy atom. The first kappa shape index (κ1) is 20.8. The molecule has 1 heterocycles. The van der Waals surface area contributed by atoms with Crippen LogP contribution in [0.5, 0.6) is 5.75 Å². The van der Waals surface area contributed by atoms with Crippen molar-refractivity contribution in [1.29, 1.82) is 0 Å². The first-order valence-electron chi connectivity index (χ1n) is 10.6. The maximum atomic E-state index is 13.0. The summed E-state index contributed by atoms with van der Waals surface area (Å²) in [7, 11) is 0. The van der Waals surface area contributed by atoms with Gasteiger partial charge in [0.1, 0.15) is 12.4 Å². The molecule has 0 fully saturated rings. The molecule has 0 saturated heterocycles. The van der Waals surface area contributed by atoms with Gasteiger partial charge in [-0.2, -0.15) is 0 Å². The van der Waals surface area contributed by atoms with Crippen molar-refractivity contribution in [3.63, 3.8) is 0 Å². The molecule has 0 radical (unpaired) electrons. The number of nitrogens with zero attached hydrogens (tertiary/aromatic N) is 1. The van der Waals surface area contributed by atoms with Crippen molar-refractivity contribution in [3.05, 3.63) is 93.0 Å². The number of hydrogen-bond acceptors (Lipinski definition) is 3. The zero-order chi connectivity index (χ0) is 22.2. The molecule has 1 unspecified atom stereocenters. The predicted octanol–water partition coefficient (Wildman–Crippen LogP) is 5.69. The molecule has 162 valence electrons. The lowest BCUT2D eigenvalue weighted by molar-refractivity contribution is -0.137. The highest BCUT2D eigenvalue weighted by atomic mass is 79.9. The molecule has 0 aromatic heterocycles. The second-order valence-corrected chi connectivity index (χ2v) is 9.21. The number of carbonyl (C=O) groups excluding carboxylic acids is 1. The molecule has 6 heteroatoms. The Morgan fingerprint density at radius 1 is 1.12 bits per heavy atom. The van der Waals surface area contributed by atoms with Gasteiger partial charge in [-0.15, -0.1) is 0 Å². The summed E-state index contributed by atoms with van der Waals surface area (Å²) < 4.78 is 7.07. The molecule has 2 aliphatic rings. The van der Waals surface area contributed by atoms with Crippen LogP contribution < -0.4 is 9.64 Å². The van der Waals surface area contributed by atoms with Crippen molar-refractivity contribution in [1.82, 2.24) is 0 Å². The SMILES string of the molecule is O=C(O)CC1CCc2cc(OCc3cccc4c3CN(c3ccc(Br)cc3)C4=O)ccc21. The van der Waals surface area contributed by atoms with Crippen LogP contribution in [0.1, 0.15) is 51.4 Å². The molecule has 1 amide bonds. The second-order valence-electron chi connectivity index (χ2n) is 8.29. The van der Waals surface area contributed by atoms with Gasteiger partial charge in [0.15, 0.2) is 0 Å². The van der Waals surface area contributed by atoms with Crippen molar-refractivity contribution < 1.29 is 19.4 Å². The van der Waals surface area contributed by atoms with E-state index in [4.69, 9.17) is 9.84 Å². The number of benzene rings is 3. The first-order valence-corrected chi connectivity index (χ1v) is 11.4. The van der Waals surface area contributed by atoms with E-state index in [9.17, 15) is 9.59 Å². The quantitative estimate of drug-likeness (QED) is 0.480. The van der Waals surface area contributed by atoms with Crippen LogP contribution in [0.25, 0.3) is 0 Å². The van der Waals surface area contributed by atoms with E-state index in [0.717, 1.165) is 51.0 Å². The molecular formula is C26H22BrNO4. The van der Waals surface area contributed by atoms with Gasteiger partial charge >= 0.3 is 5.97 Å². The number of carbonyl (C=O) groups is 2. The van der Waals surface area contributed by atoms with Crippen LogP contribution in [0, 0.1) is 0 Å². The number of aryl methyl sites for hydroxylation is 1. The van der Waals surface area contributed by atoms with E-state index in [1.54, 1.807) is 4.90 Å². The van der Waals surface area contributed by atoms with Gasteiger partial charge in [-0.1, -0.05) is 34.1 Å². The van der Waals surface area contributed by atoms with Crippen LogP contribution in [0.2, 0.25) is 0 Å². The van der Waals surface area contributed by atoms with Crippen LogP contribution >= 0.6 is 15.9 Å². The lowest BCUT2D eigenvalue weighted by Gasteiger charge is -2.16. The summed E-state index contributed by atoms with van der Waals surface area (Å²) in [4.78, 5) is 25.8. The third-order valence-corrected chi connectivity index (χ3v) is 6.86. The number of amides is 1. The number of aliphatic carboxylic acids is 1. The Morgan fingerprint density at radius 2 is 1.94 bits per heavy atom. The summed E-state index contributed by atoms with van der Waals surface area (Å²) in [5, 5.41) is 9.11. The summed E-state index contributed by atoms with van der Waals surface area (Å²) in [5.41, 5.74) is 5.89. The highest BCUT2D eigenvalue weighted by Gasteiger charge is 2.30. The fourth-order valence-corrected chi connectivity index (χ4v) is 4.98. The van der Waals surface area contributed by atoms with Gasteiger partial charge in [0.05, 0.1) is 13.0 Å². The van der Waals surface area contributed by atoms with Crippen LogP contribution in [0.15, 0.2) is 65.1 Å². The maximum absolute atomic E-state index is 13.0. The highest BCUT2D eigenvalue weighted by molar-refractivity contribution is 9.10. The molecule has 1 atom stereocenters. The number of carboxylic acids is 1. The zero-order valence-electron chi connectivity index (χ0n) is 17.4. The molecule has 1 aliphatic carbocycles. The van der Waals surface area contributed by atoms with E-state index in [-0.39, 0.29) is 18.2 Å². The van der Waals surface area contributed by atoms with Crippen LogP contribution in [0.4, 0.5) is 5.69 Å². The number of fused-ring (bicyclic) bond motifs is 2. The van der Waals surface area contributed by atoms with Crippen LogP contribution in [-0.2, 0) is 24.4 Å². The standard InChI is InChI=1S/C26H22BrNO4/c27-19-6-8-20(9-7-19)28-14-24-18(2-1-3-23(24)26(28)31)15-32-21-10-11-22-16(12-21)4-5-17(22)13-25(29)30/h1-3,6-12,17H,4-5,13-15H2,(H,29,30). The molecule has 1 N–H and O–H groups in total. The Labute approximate surface area is 194 Å². The summed E-state index contributed by atoms with van der Waals surface area (Å²) in [6.45, 7) is 0.901. The first-order chi connectivity index (χ1) is 15.5. The van der Waals surface area contributed by atoms with Gasteiger partial charge in [0.2, 0.25) is 0 Å². The molecule has 5 nitrogen and oxygen atoms in total. The van der Waals surface area contributed by atoms with Gasteiger partial charge in [0.25, 0.3) is 5.91 Å². The third-order valence-electron chi connectivity index (χ3n) is 6.33. The molecule has 3 aromatic carbocycles. The number of halogens is 1. The smallest absolute Gasteiger partial charge is 0.303 e. The van der Waals surface area contributed by atoms with Crippen molar-refractivity contribution >= 4 is 33.5 Å². The fourth-order valence-electron chi connectivity index (χ4n) is 4.72.